The Labute approximate surface area is 106 Å². The molecule has 0 aliphatic rings. The molecule has 1 aromatic rings. The summed E-state index contributed by atoms with van der Waals surface area (Å²) >= 11 is 0. The molecule has 0 saturated carbocycles. The standard InChI is InChI=1S/C9H5F6NO4/c1-19-6-4(7(17)18)5(20-9(13,14)15)3(2-16-6)8(10,11)12/h2H,1H3,(H,17,18). The quantitative estimate of drug-likeness (QED) is 0.870. The Kier molecular flexibility index (Phi) is 4.01. The lowest BCUT2D eigenvalue weighted by Gasteiger charge is -2.18. The van der Waals surface area contributed by atoms with Gasteiger partial charge in [-0.1, -0.05) is 0 Å². The van der Waals surface area contributed by atoms with E-state index in [-0.39, 0.29) is 6.20 Å². The van der Waals surface area contributed by atoms with Crippen LogP contribution in [0.15, 0.2) is 6.20 Å². The van der Waals surface area contributed by atoms with Crippen molar-refractivity contribution in [3.63, 3.8) is 0 Å². The normalized spacial score (nSPS) is 12.2. The number of methoxy groups -OCH3 is 1. The number of hydrogen-bond donors (Lipinski definition) is 1. The maximum atomic E-state index is 12.6. The van der Waals surface area contributed by atoms with Gasteiger partial charge in [-0.05, 0) is 0 Å². The van der Waals surface area contributed by atoms with Gasteiger partial charge in [-0.25, -0.2) is 9.78 Å². The van der Waals surface area contributed by atoms with Gasteiger partial charge in [0, 0.05) is 6.20 Å². The van der Waals surface area contributed by atoms with Crippen molar-refractivity contribution in [2.45, 2.75) is 12.5 Å². The third-order valence-electron chi connectivity index (χ3n) is 1.93. The van der Waals surface area contributed by atoms with E-state index in [4.69, 9.17) is 5.11 Å². The van der Waals surface area contributed by atoms with Crippen LogP contribution in [-0.4, -0.2) is 29.5 Å². The summed E-state index contributed by atoms with van der Waals surface area (Å²) in [5.41, 5.74) is -3.45. The van der Waals surface area contributed by atoms with Crippen molar-refractivity contribution in [1.82, 2.24) is 4.98 Å². The molecule has 1 rings (SSSR count). The summed E-state index contributed by atoms with van der Waals surface area (Å²) in [5.74, 6) is -4.98. The van der Waals surface area contributed by atoms with E-state index in [1.165, 1.54) is 0 Å². The first-order valence-corrected chi connectivity index (χ1v) is 4.60. The minimum atomic E-state index is -5.52. The van der Waals surface area contributed by atoms with E-state index in [1.54, 1.807) is 0 Å². The average molecular weight is 305 g/mol. The minimum absolute atomic E-state index is 0.00759. The van der Waals surface area contributed by atoms with Crippen LogP contribution in [0.3, 0.4) is 0 Å². The van der Waals surface area contributed by atoms with E-state index in [0.717, 1.165) is 7.11 Å². The number of ether oxygens (including phenoxy) is 2. The molecule has 0 aromatic carbocycles. The lowest BCUT2D eigenvalue weighted by molar-refractivity contribution is -0.276. The van der Waals surface area contributed by atoms with Gasteiger partial charge in [-0.2, -0.15) is 13.2 Å². The molecule has 5 nitrogen and oxygen atoms in total. The highest BCUT2D eigenvalue weighted by molar-refractivity contribution is 5.94. The Morgan fingerprint density at radius 1 is 1.25 bits per heavy atom. The second kappa shape index (κ2) is 5.06. The van der Waals surface area contributed by atoms with Crippen LogP contribution in [0.4, 0.5) is 26.3 Å². The van der Waals surface area contributed by atoms with Crippen molar-refractivity contribution in [2.24, 2.45) is 0 Å². The molecule has 0 fully saturated rings. The van der Waals surface area contributed by atoms with E-state index in [1.807, 2.05) is 0 Å². The second-order valence-corrected chi connectivity index (χ2v) is 3.24. The number of carbonyl (C=O) groups is 1. The van der Waals surface area contributed by atoms with Crippen molar-refractivity contribution in [3.05, 3.63) is 17.3 Å². The van der Waals surface area contributed by atoms with Crippen LogP contribution in [-0.2, 0) is 6.18 Å². The van der Waals surface area contributed by atoms with Gasteiger partial charge in [0.1, 0.15) is 5.56 Å². The van der Waals surface area contributed by atoms with Gasteiger partial charge in [0.15, 0.2) is 11.3 Å². The number of aromatic nitrogens is 1. The molecule has 0 bridgehead atoms. The van der Waals surface area contributed by atoms with Gasteiger partial charge in [0.05, 0.1) is 7.11 Å². The van der Waals surface area contributed by atoms with Crippen molar-refractivity contribution in [2.75, 3.05) is 7.11 Å². The lowest BCUT2D eigenvalue weighted by Crippen LogP contribution is -2.23. The third kappa shape index (κ3) is 3.42. The van der Waals surface area contributed by atoms with Gasteiger partial charge < -0.3 is 14.6 Å². The molecule has 11 heteroatoms. The molecule has 0 spiro atoms. The summed E-state index contributed by atoms with van der Waals surface area (Å²) in [6.07, 6.45) is -10.8. The molecule has 0 atom stereocenters. The predicted octanol–water partition coefficient (Wildman–Crippen LogP) is 2.71. The average Bonchev–Trinajstić information content (AvgIpc) is 2.23. The predicted molar refractivity (Wildman–Crippen MR) is 49.4 cm³/mol. The van der Waals surface area contributed by atoms with Crippen LogP contribution in [0.2, 0.25) is 0 Å². The topological polar surface area (TPSA) is 68.7 Å². The summed E-state index contributed by atoms with van der Waals surface area (Å²) in [5, 5.41) is 8.73. The molecule has 0 saturated heterocycles. The molecule has 0 radical (unpaired) electrons. The maximum absolute atomic E-state index is 12.6. The lowest BCUT2D eigenvalue weighted by atomic mass is 10.1. The number of carboxylic acid groups (broad SMARTS) is 1. The monoisotopic (exact) mass is 305 g/mol. The fourth-order valence-corrected chi connectivity index (χ4v) is 1.25. The Bertz CT molecular complexity index is 524. The first-order valence-electron chi connectivity index (χ1n) is 4.60. The molecule has 20 heavy (non-hydrogen) atoms. The number of rotatable bonds is 3. The summed E-state index contributed by atoms with van der Waals surface area (Å²) in [6.45, 7) is 0. The summed E-state index contributed by atoms with van der Waals surface area (Å²) in [6, 6.07) is 0. The largest absolute Gasteiger partial charge is 0.573 e. The zero-order chi connectivity index (χ0) is 15.7. The fourth-order valence-electron chi connectivity index (χ4n) is 1.25. The number of pyridine rings is 1. The van der Waals surface area contributed by atoms with Crippen LogP contribution < -0.4 is 9.47 Å². The van der Waals surface area contributed by atoms with Crippen molar-refractivity contribution < 1.29 is 45.7 Å². The van der Waals surface area contributed by atoms with E-state index in [2.05, 4.69) is 14.5 Å². The highest BCUT2D eigenvalue weighted by Gasteiger charge is 2.43. The van der Waals surface area contributed by atoms with Crippen molar-refractivity contribution >= 4 is 5.97 Å². The number of alkyl halides is 6. The highest BCUT2D eigenvalue weighted by Crippen LogP contribution is 2.42. The minimum Gasteiger partial charge on any atom is -0.480 e. The molecular weight excluding hydrogens is 300 g/mol. The number of hydrogen-bond acceptors (Lipinski definition) is 4. The maximum Gasteiger partial charge on any atom is 0.573 e. The van der Waals surface area contributed by atoms with Crippen LogP contribution in [0.1, 0.15) is 15.9 Å². The third-order valence-corrected chi connectivity index (χ3v) is 1.93. The number of halogens is 6. The molecule has 1 aromatic heterocycles. The Morgan fingerprint density at radius 2 is 1.80 bits per heavy atom. The summed E-state index contributed by atoms with van der Waals surface area (Å²) in [7, 11) is 0.833. The van der Waals surface area contributed by atoms with Crippen LogP contribution in [0.25, 0.3) is 0 Å². The molecule has 0 aliphatic carbocycles. The Hall–Kier alpha value is -2.20. The van der Waals surface area contributed by atoms with Crippen LogP contribution in [0.5, 0.6) is 11.6 Å². The zero-order valence-corrected chi connectivity index (χ0v) is 9.46. The van der Waals surface area contributed by atoms with Gasteiger partial charge >= 0.3 is 18.5 Å². The summed E-state index contributed by atoms with van der Waals surface area (Å²) in [4.78, 5) is 13.8. The summed E-state index contributed by atoms with van der Waals surface area (Å²) < 4.78 is 81.7. The number of nitrogens with zero attached hydrogens (tertiary/aromatic N) is 1. The first kappa shape index (κ1) is 15.9. The van der Waals surface area contributed by atoms with Gasteiger partial charge in [0.25, 0.3) is 0 Å². The van der Waals surface area contributed by atoms with Gasteiger partial charge in [-0.15, -0.1) is 13.2 Å². The highest BCUT2D eigenvalue weighted by atomic mass is 19.4. The zero-order valence-electron chi connectivity index (χ0n) is 9.46. The molecule has 1 N–H and O–H groups in total. The smallest absolute Gasteiger partial charge is 0.480 e. The van der Waals surface area contributed by atoms with E-state index >= 15 is 0 Å². The Morgan fingerprint density at radius 3 is 2.15 bits per heavy atom. The van der Waals surface area contributed by atoms with E-state index < -0.39 is 41.3 Å². The van der Waals surface area contributed by atoms with Crippen molar-refractivity contribution in [3.8, 4) is 11.6 Å². The first-order chi connectivity index (χ1) is 8.97. The number of carboxylic acids is 1. The van der Waals surface area contributed by atoms with Gasteiger partial charge in [0.2, 0.25) is 5.88 Å². The molecule has 1 heterocycles. The SMILES string of the molecule is COc1ncc(C(F)(F)F)c(OC(F)(F)F)c1C(=O)O. The molecule has 0 amide bonds. The molecule has 112 valence electrons. The van der Waals surface area contributed by atoms with E-state index in [9.17, 15) is 31.1 Å². The van der Waals surface area contributed by atoms with Crippen LogP contribution in [0, 0.1) is 0 Å². The fraction of sp³-hybridized carbons (Fsp3) is 0.333. The second-order valence-electron chi connectivity index (χ2n) is 3.24. The van der Waals surface area contributed by atoms with Gasteiger partial charge in [-0.3, -0.25) is 0 Å². The molecular formula is C9H5F6NO4. The van der Waals surface area contributed by atoms with Crippen LogP contribution >= 0.6 is 0 Å². The van der Waals surface area contributed by atoms with Crippen molar-refractivity contribution in [1.29, 1.82) is 0 Å². The number of aromatic carboxylic acids is 1. The Balaban J connectivity index is 3.64. The molecule has 0 aliphatic heterocycles. The molecule has 0 unspecified atom stereocenters. The van der Waals surface area contributed by atoms with E-state index in [0.29, 0.717) is 0 Å².